The van der Waals surface area contributed by atoms with E-state index in [1.165, 1.54) is 0 Å². The van der Waals surface area contributed by atoms with Crippen LogP contribution >= 0.6 is 34.2 Å². The van der Waals surface area contributed by atoms with Crippen LogP contribution < -0.4 is 5.32 Å². The first-order valence-electron chi connectivity index (χ1n) is 5.97. The zero-order valence-corrected chi connectivity index (χ0v) is 14.0. The van der Waals surface area contributed by atoms with Crippen molar-refractivity contribution in [2.75, 3.05) is 0 Å². The van der Waals surface area contributed by atoms with Gasteiger partial charge in [0, 0.05) is 15.7 Å². The predicted octanol–water partition coefficient (Wildman–Crippen LogP) is 3.41. The fraction of sp³-hybridized carbons (Fsp3) is 0.385. The van der Waals surface area contributed by atoms with Gasteiger partial charge in [-0.2, -0.15) is 0 Å². The normalized spacial score (nSPS) is 11.8. The van der Waals surface area contributed by atoms with Crippen molar-refractivity contribution in [3.05, 3.63) is 38.7 Å². The van der Waals surface area contributed by atoms with Crippen molar-refractivity contribution in [3.63, 3.8) is 0 Å². The molecule has 0 aliphatic carbocycles. The molecule has 0 atom stereocenters. The van der Waals surface area contributed by atoms with Gasteiger partial charge in [0.2, 0.25) is 0 Å². The lowest BCUT2D eigenvalue weighted by atomic mass is 10.1. The molecule has 19 heavy (non-hydrogen) atoms. The average Bonchev–Trinajstić information content (AvgIpc) is 2.74. The fourth-order valence-electron chi connectivity index (χ4n) is 1.52. The highest BCUT2D eigenvalue weighted by Crippen LogP contribution is 2.22. The van der Waals surface area contributed by atoms with Gasteiger partial charge in [0.25, 0.3) is 0 Å². The number of hydrogen-bond acceptors (Lipinski definition) is 3. The highest BCUT2D eigenvalue weighted by atomic mass is 127. The van der Waals surface area contributed by atoms with Crippen molar-refractivity contribution in [2.45, 2.75) is 32.9 Å². The Morgan fingerprint density at radius 3 is 2.74 bits per heavy atom. The summed E-state index contributed by atoms with van der Waals surface area (Å²) in [6.45, 7) is 7.04. The van der Waals surface area contributed by atoms with Gasteiger partial charge >= 0.3 is 0 Å². The number of halogens is 2. The van der Waals surface area contributed by atoms with Crippen LogP contribution in [-0.2, 0) is 6.54 Å². The van der Waals surface area contributed by atoms with E-state index in [4.69, 9.17) is 11.6 Å². The molecule has 1 aromatic carbocycles. The minimum atomic E-state index is 0.0598. The zero-order chi connectivity index (χ0) is 14.0. The van der Waals surface area contributed by atoms with Gasteiger partial charge in [-0.25, -0.2) is 4.68 Å². The van der Waals surface area contributed by atoms with E-state index in [-0.39, 0.29) is 5.54 Å². The molecule has 0 bridgehead atoms. The van der Waals surface area contributed by atoms with E-state index >= 15 is 0 Å². The van der Waals surface area contributed by atoms with E-state index in [0.29, 0.717) is 11.6 Å². The van der Waals surface area contributed by atoms with Crippen molar-refractivity contribution >= 4 is 34.2 Å². The summed E-state index contributed by atoms with van der Waals surface area (Å²) in [6, 6.07) is 5.85. The summed E-state index contributed by atoms with van der Waals surface area (Å²) in [5.74, 6) is 0. The van der Waals surface area contributed by atoms with Crippen LogP contribution in [0.2, 0.25) is 5.02 Å². The number of benzene rings is 1. The van der Waals surface area contributed by atoms with Crippen LogP contribution in [0.1, 0.15) is 26.5 Å². The third-order valence-electron chi connectivity index (χ3n) is 2.50. The molecule has 0 saturated heterocycles. The third-order valence-corrected chi connectivity index (χ3v) is 3.47. The predicted molar refractivity (Wildman–Crippen MR) is 85.7 cm³/mol. The second-order valence-corrected chi connectivity index (χ2v) is 7.01. The smallest absolute Gasteiger partial charge is 0.0969 e. The van der Waals surface area contributed by atoms with E-state index < -0.39 is 0 Å². The Labute approximate surface area is 131 Å². The monoisotopic (exact) mass is 390 g/mol. The molecule has 6 heteroatoms. The summed E-state index contributed by atoms with van der Waals surface area (Å²) in [5.41, 5.74) is 1.80. The first-order valence-corrected chi connectivity index (χ1v) is 7.42. The summed E-state index contributed by atoms with van der Waals surface area (Å²) in [5, 5.41) is 12.3. The van der Waals surface area contributed by atoms with Crippen LogP contribution in [0.25, 0.3) is 5.69 Å². The molecule has 0 amide bonds. The molecule has 102 valence electrons. The molecular weight excluding hydrogens is 375 g/mol. The maximum atomic E-state index is 6.21. The maximum absolute atomic E-state index is 6.21. The average molecular weight is 391 g/mol. The topological polar surface area (TPSA) is 42.7 Å². The van der Waals surface area contributed by atoms with E-state index in [0.717, 1.165) is 15.0 Å². The lowest BCUT2D eigenvalue weighted by Gasteiger charge is -2.19. The summed E-state index contributed by atoms with van der Waals surface area (Å²) < 4.78 is 2.80. The van der Waals surface area contributed by atoms with Gasteiger partial charge < -0.3 is 5.32 Å². The van der Waals surface area contributed by atoms with Crippen molar-refractivity contribution in [1.29, 1.82) is 0 Å². The van der Waals surface area contributed by atoms with Gasteiger partial charge in [0.1, 0.15) is 0 Å². The molecule has 0 aliphatic heterocycles. The zero-order valence-electron chi connectivity index (χ0n) is 11.1. The van der Waals surface area contributed by atoms with Crippen molar-refractivity contribution in [1.82, 2.24) is 20.3 Å². The Kier molecular flexibility index (Phi) is 4.47. The molecule has 0 radical (unpaired) electrons. The molecule has 1 N–H and O–H groups in total. The second-order valence-electron chi connectivity index (χ2n) is 5.35. The Balaban J connectivity index is 2.16. The molecule has 0 aliphatic rings. The summed E-state index contributed by atoms with van der Waals surface area (Å²) >= 11 is 8.44. The van der Waals surface area contributed by atoms with Crippen molar-refractivity contribution in [2.24, 2.45) is 0 Å². The second kappa shape index (κ2) is 5.76. The van der Waals surface area contributed by atoms with Crippen molar-refractivity contribution in [3.8, 4) is 5.69 Å². The van der Waals surface area contributed by atoms with Gasteiger partial charge in [0.05, 0.1) is 22.6 Å². The van der Waals surface area contributed by atoms with Gasteiger partial charge in [-0.05, 0) is 61.6 Å². The Morgan fingerprint density at radius 2 is 2.11 bits per heavy atom. The minimum Gasteiger partial charge on any atom is -0.306 e. The van der Waals surface area contributed by atoms with Crippen LogP contribution in [0.5, 0.6) is 0 Å². The van der Waals surface area contributed by atoms with Gasteiger partial charge in [-0.3, -0.25) is 0 Å². The van der Waals surface area contributed by atoms with Crippen LogP contribution in [0.4, 0.5) is 0 Å². The van der Waals surface area contributed by atoms with Gasteiger partial charge in [-0.15, -0.1) is 5.10 Å². The number of aromatic nitrogens is 3. The van der Waals surface area contributed by atoms with Gasteiger partial charge in [-0.1, -0.05) is 16.8 Å². The van der Waals surface area contributed by atoms with E-state index in [9.17, 15) is 0 Å². The number of nitrogens with one attached hydrogen (secondary N) is 1. The molecule has 0 saturated carbocycles. The fourth-order valence-corrected chi connectivity index (χ4v) is 2.46. The third kappa shape index (κ3) is 4.15. The number of nitrogens with zero attached hydrogens (tertiary/aromatic N) is 3. The van der Waals surface area contributed by atoms with E-state index in [1.54, 1.807) is 4.68 Å². The molecular formula is C13H16ClIN4. The summed E-state index contributed by atoms with van der Waals surface area (Å²) in [7, 11) is 0. The Morgan fingerprint density at radius 1 is 1.37 bits per heavy atom. The lowest BCUT2D eigenvalue weighted by Crippen LogP contribution is -2.35. The highest BCUT2D eigenvalue weighted by Gasteiger charge is 2.11. The quantitative estimate of drug-likeness (QED) is 0.817. The molecule has 2 aromatic rings. The van der Waals surface area contributed by atoms with Gasteiger partial charge in [0.15, 0.2) is 0 Å². The molecule has 1 heterocycles. The van der Waals surface area contributed by atoms with E-state index in [2.05, 4.69) is 59.0 Å². The number of hydrogen-bond donors (Lipinski definition) is 1. The number of rotatable bonds is 3. The first kappa shape index (κ1) is 14.7. The lowest BCUT2D eigenvalue weighted by molar-refractivity contribution is 0.421. The minimum absolute atomic E-state index is 0.0598. The standard InChI is InChI=1S/C13H16ClIN4/c1-13(2,3)16-7-10-8-19(18-17-10)12-5-4-9(15)6-11(12)14/h4-6,8,16H,7H2,1-3H3. The van der Waals surface area contributed by atoms with Crippen molar-refractivity contribution < 1.29 is 0 Å². The molecule has 0 unspecified atom stereocenters. The maximum Gasteiger partial charge on any atom is 0.0969 e. The van der Waals surface area contributed by atoms with E-state index in [1.807, 2.05) is 24.4 Å². The summed E-state index contributed by atoms with van der Waals surface area (Å²) in [4.78, 5) is 0. The Hall–Kier alpha value is -0.660. The Bertz CT molecular complexity index is 574. The first-order chi connectivity index (χ1) is 8.85. The van der Waals surface area contributed by atoms with Crippen LogP contribution in [-0.4, -0.2) is 20.5 Å². The molecule has 0 fully saturated rings. The van der Waals surface area contributed by atoms with Crippen LogP contribution in [0, 0.1) is 3.57 Å². The molecule has 4 nitrogen and oxygen atoms in total. The largest absolute Gasteiger partial charge is 0.306 e. The molecule has 0 spiro atoms. The van der Waals surface area contributed by atoms with Crippen LogP contribution in [0.3, 0.4) is 0 Å². The molecule has 1 aromatic heterocycles. The molecule has 2 rings (SSSR count). The van der Waals surface area contributed by atoms with Crippen LogP contribution in [0.15, 0.2) is 24.4 Å². The highest BCUT2D eigenvalue weighted by molar-refractivity contribution is 14.1. The summed E-state index contributed by atoms with van der Waals surface area (Å²) in [6.07, 6.45) is 1.90. The SMILES string of the molecule is CC(C)(C)NCc1cn(-c2ccc(I)cc2Cl)nn1.